The van der Waals surface area contributed by atoms with E-state index >= 15 is 0 Å². The lowest BCUT2D eigenvalue weighted by atomic mass is 10.1. The summed E-state index contributed by atoms with van der Waals surface area (Å²) in [5.41, 5.74) is 2.77. The van der Waals surface area contributed by atoms with Crippen molar-refractivity contribution in [2.45, 2.75) is 26.0 Å². The first kappa shape index (κ1) is 18.0. The van der Waals surface area contributed by atoms with E-state index in [1.54, 1.807) is 0 Å². The highest BCUT2D eigenvalue weighted by molar-refractivity contribution is 9.10. The monoisotopic (exact) mass is 402 g/mol. The Kier molecular flexibility index (Phi) is 5.76. The third-order valence-electron chi connectivity index (χ3n) is 4.16. The third kappa shape index (κ3) is 4.61. The van der Waals surface area contributed by atoms with Gasteiger partial charge in [-0.15, -0.1) is 0 Å². The number of carbonyl (C=O) groups is 1. The van der Waals surface area contributed by atoms with Gasteiger partial charge in [-0.25, -0.2) is 0 Å². The largest absolute Gasteiger partial charge is 0.383 e. The molecule has 1 unspecified atom stereocenters. The second-order valence-corrected chi connectivity index (χ2v) is 7.46. The van der Waals surface area contributed by atoms with Gasteiger partial charge in [0, 0.05) is 28.3 Å². The average Bonchev–Trinajstić information content (AvgIpc) is 2.61. The number of morpholine rings is 1. The molecule has 2 aromatic rings. The number of benzene rings is 2. The van der Waals surface area contributed by atoms with Crippen LogP contribution in [0.3, 0.4) is 0 Å². The molecular weight excluding hydrogens is 380 g/mol. The minimum atomic E-state index is -0.0808. The Bertz CT molecular complexity index is 731. The molecule has 0 aromatic heterocycles. The van der Waals surface area contributed by atoms with Crippen LogP contribution in [0, 0.1) is 0 Å². The number of hydrogen-bond acceptors (Lipinski definition) is 3. The van der Waals surface area contributed by atoms with E-state index in [1.165, 1.54) is 0 Å². The number of amides is 1. The molecule has 0 spiro atoms. The standard InChI is InChI=1S/C20H23BrN2O2/c1-14(2)22-18-5-3-4-16(12-18)20(24)23-10-11-25-19(13-23)15-6-8-17(21)9-7-15/h3-9,12,14,19,22H,10-11,13H2,1-2H3. The van der Waals surface area contributed by atoms with Gasteiger partial charge in [0.1, 0.15) is 6.10 Å². The Morgan fingerprint density at radius 2 is 2.00 bits per heavy atom. The molecule has 1 fully saturated rings. The van der Waals surface area contributed by atoms with Crippen molar-refractivity contribution < 1.29 is 9.53 Å². The first-order valence-corrected chi connectivity index (χ1v) is 9.35. The molecule has 3 rings (SSSR count). The minimum absolute atomic E-state index is 0.0535. The molecule has 1 aliphatic heterocycles. The van der Waals surface area contributed by atoms with Crippen molar-refractivity contribution in [1.29, 1.82) is 0 Å². The molecule has 132 valence electrons. The van der Waals surface area contributed by atoms with Gasteiger partial charge < -0.3 is 15.0 Å². The smallest absolute Gasteiger partial charge is 0.254 e. The van der Waals surface area contributed by atoms with Gasteiger partial charge in [0.2, 0.25) is 0 Å². The van der Waals surface area contributed by atoms with Gasteiger partial charge in [-0.05, 0) is 49.7 Å². The van der Waals surface area contributed by atoms with Crippen LogP contribution in [0.4, 0.5) is 5.69 Å². The number of hydrogen-bond donors (Lipinski definition) is 1. The number of anilines is 1. The van der Waals surface area contributed by atoms with Crippen LogP contribution in [0.2, 0.25) is 0 Å². The lowest BCUT2D eigenvalue weighted by Crippen LogP contribution is -2.42. The zero-order valence-electron chi connectivity index (χ0n) is 14.5. The van der Waals surface area contributed by atoms with Crippen LogP contribution in [-0.2, 0) is 4.74 Å². The van der Waals surface area contributed by atoms with Gasteiger partial charge in [-0.2, -0.15) is 0 Å². The van der Waals surface area contributed by atoms with Crippen LogP contribution in [0.15, 0.2) is 53.0 Å². The van der Waals surface area contributed by atoms with Crippen molar-refractivity contribution in [3.63, 3.8) is 0 Å². The Hall–Kier alpha value is -1.85. The highest BCUT2D eigenvalue weighted by Crippen LogP contribution is 2.25. The van der Waals surface area contributed by atoms with E-state index in [4.69, 9.17) is 4.74 Å². The first-order valence-electron chi connectivity index (χ1n) is 8.56. The molecule has 1 N–H and O–H groups in total. The van der Waals surface area contributed by atoms with E-state index < -0.39 is 0 Å². The number of rotatable bonds is 4. The van der Waals surface area contributed by atoms with Gasteiger partial charge in [0.05, 0.1) is 13.2 Å². The van der Waals surface area contributed by atoms with E-state index in [9.17, 15) is 4.79 Å². The summed E-state index contributed by atoms with van der Waals surface area (Å²) < 4.78 is 6.91. The molecule has 2 aromatic carbocycles. The van der Waals surface area contributed by atoms with E-state index in [-0.39, 0.29) is 12.0 Å². The summed E-state index contributed by atoms with van der Waals surface area (Å²) in [4.78, 5) is 14.8. The number of ether oxygens (including phenoxy) is 1. The van der Waals surface area contributed by atoms with Crippen molar-refractivity contribution in [2.75, 3.05) is 25.0 Å². The van der Waals surface area contributed by atoms with E-state index in [0.29, 0.717) is 31.3 Å². The molecule has 25 heavy (non-hydrogen) atoms. The van der Waals surface area contributed by atoms with E-state index in [0.717, 1.165) is 15.7 Å². The summed E-state index contributed by atoms with van der Waals surface area (Å²) in [7, 11) is 0. The maximum atomic E-state index is 12.9. The normalized spacial score (nSPS) is 17.6. The van der Waals surface area contributed by atoms with Crippen molar-refractivity contribution in [2.24, 2.45) is 0 Å². The van der Waals surface area contributed by atoms with E-state index in [1.807, 2.05) is 53.4 Å². The summed E-state index contributed by atoms with van der Waals surface area (Å²) in [6.07, 6.45) is -0.0808. The quantitative estimate of drug-likeness (QED) is 0.819. The SMILES string of the molecule is CC(C)Nc1cccc(C(=O)N2CCOC(c3ccc(Br)cc3)C2)c1. The molecular formula is C20H23BrN2O2. The van der Waals surface area contributed by atoms with Crippen molar-refractivity contribution in [3.05, 3.63) is 64.1 Å². The highest BCUT2D eigenvalue weighted by Gasteiger charge is 2.26. The Balaban J connectivity index is 1.72. The highest BCUT2D eigenvalue weighted by atomic mass is 79.9. The van der Waals surface area contributed by atoms with Gasteiger partial charge in [0.25, 0.3) is 5.91 Å². The first-order chi connectivity index (χ1) is 12.0. The Labute approximate surface area is 157 Å². The molecule has 1 aliphatic rings. The third-order valence-corrected chi connectivity index (χ3v) is 4.69. The Morgan fingerprint density at radius 3 is 2.72 bits per heavy atom. The second-order valence-electron chi connectivity index (χ2n) is 6.54. The number of halogens is 1. The molecule has 5 heteroatoms. The second kappa shape index (κ2) is 8.02. The van der Waals surface area contributed by atoms with Crippen LogP contribution in [0.25, 0.3) is 0 Å². The maximum absolute atomic E-state index is 12.9. The number of nitrogens with one attached hydrogen (secondary N) is 1. The van der Waals surface area contributed by atoms with Crippen LogP contribution in [0.5, 0.6) is 0 Å². The molecule has 1 amide bonds. The summed E-state index contributed by atoms with van der Waals surface area (Å²) in [5, 5.41) is 3.34. The van der Waals surface area contributed by atoms with Crippen LogP contribution in [-0.4, -0.2) is 36.5 Å². The zero-order valence-corrected chi connectivity index (χ0v) is 16.1. The van der Waals surface area contributed by atoms with Crippen LogP contribution >= 0.6 is 15.9 Å². The van der Waals surface area contributed by atoms with Crippen LogP contribution in [0.1, 0.15) is 35.9 Å². The van der Waals surface area contributed by atoms with Crippen LogP contribution < -0.4 is 5.32 Å². The lowest BCUT2D eigenvalue weighted by molar-refractivity contribution is -0.0228. The molecule has 1 saturated heterocycles. The fourth-order valence-corrected chi connectivity index (χ4v) is 3.24. The Morgan fingerprint density at radius 1 is 1.24 bits per heavy atom. The maximum Gasteiger partial charge on any atom is 0.254 e. The molecule has 0 radical (unpaired) electrons. The predicted octanol–water partition coefficient (Wildman–Crippen LogP) is 4.48. The lowest BCUT2D eigenvalue weighted by Gasteiger charge is -2.33. The topological polar surface area (TPSA) is 41.6 Å². The fraction of sp³-hybridized carbons (Fsp3) is 0.350. The minimum Gasteiger partial charge on any atom is -0.383 e. The molecule has 0 bridgehead atoms. The van der Waals surface area contributed by atoms with Gasteiger partial charge >= 0.3 is 0 Å². The van der Waals surface area contributed by atoms with Gasteiger partial charge in [-0.1, -0.05) is 34.1 Å². The molecule has 0 aliphatic carbocycles. The number of nitrogens with zero attached hydrogens (tertiary/aromatic N) is 1. The summed E-state index contributed by atoms with van der Waals surface area (Å²) in [6, 6.07) is 16.1. The number of carbonyl (C=O) groups excluding carboxylic acids is 1. The molecule has 1 atom stereocenters. The summed E-state index contributed by atoms with van der Waals surface area (Å²) >= 11 is 3.45. The van der Waals surface area contributed by atoms with Gasteiger partial charge in [-0.3, -0.25) is 4.79 Å². The summed E-state index contributed by atoms with van der Waals surface area (Å²) in [6.45, 7) is 5.91. The zero-order chi connectivity index (χ0) is 17.8. The summed E-state index contributed by atoms with van der Waals surface area (Å²) in [5.74, 6) is 0.0535. The van der Waals surface area contributed by atoms with Crippen molar-refractivity contribution >= 4 is 27.5 Å². The van der Waals surface area contributed by atoms with Crippen molar-refractivity contribution in [3.8, 4) is 0 Å². The van der Waals surface area contributed by atoms with Gasteiger partial charge in [0.15, 0.2) is 0 Å². The molecule has 1 heterocycles. The predicted molar refractivity (Wildman–Crippen MR) is 104 cm³/mol. The average molecular weight is 403 g/mol. The van der Waals surface area contributed by atoms with Crippen molar-refractivity contribution in [1.82, 2.24) is 4.90 Å². The van der Waals surface area contributed by atoms with E-state index in [2.05, 4.69) is 35.1 Å². The fourth-order valence-electron chi connectivity index (χ4n) is 2.97. The molecule has 0 saturated carbocycles. The molecule has 4 nitrogen and oxygen atoms in total.